The zero-order valence-electron chi connectivity index (χ0n) is 8.38. The zero-order valence-corrected chi connectivity index (χ0v) is 9.20. The van der Waals surface area contributed by atoms with Crippen LogP contribution in [0, 0.1) is 0 Å². The van der Waals surface area contributed by atoms with Crippen LogP contribution in [0.2, 0.25) is 0 Å². The van der Waals surface area contributed by atoms with Crippen molar-refractivity contribution >= 4 is 17.2 Å². The van der Waals surface area contributed by atoms with Gasteiger partial charge < -0.3 is 10.4 Å². The van der Waals surface area contributed by atoms with Crippen molar-refractivity contribution in [3.63, 3.8) is 0 Å². The number of rotatable bonds is 4. The van der Waals surface area contributed by atoms with E-state index in [9.17, 15) is 9.90 Å². The lowest BCUT2D eigenvalue weighted by atomic mass is 10.2. The van der Waals surface area contributed by atoms with Gasteiger partial charge in [0.2, 0.25) is 0 Å². The van der Waals surface area contributed by atoms with E-state index in [0.717, 1.165) is 5.56 Å². The summed E-state index contributed by atoms with van der Waals surface area (Å²) in [7, 11) is 0. The first-order chi connectivity index (χ1) is 7.77. The van der Waals surface area contributed by atoms with Gasteiger partial charge in [0.05, 0.1) is 6.10 Å². The highest BCUT2D eigenvalue weighted by Crippen LogP contribution is 2.15. The summed E-state index contributed by atoms with van der Waals surface area (Å²) in [4.78, 5) is 11.5. The van der Waals surface area contributed by atoms with Gasteiger partial charge in [0.1, 0.15) is 5.69 Å². The van der Waals surface area contributed by atoms with Crippen molar-refractivity contribution in [2.24, 2.45) is 0 Å². The van der Waals surface area contributed by atoms with E-state index in [4.69, 9.17) is 0 Å². The third-order valence-corrected chi connectivity index (χ3v) is 2.83. The van der Waals surface area contributed by atoms with Crippen molar-refractivity contribution in [3.8, 4) is 0 Å². The zero-order chi connectivity index (χ0) is 11.4. The number of aromatic amines is 1. The Bertz CT molecular complexity index is 439. The first-order valence-corrected chi connectivity index (χ1v) is 5.69. The predicted molar refractivity (Wildman–Crippen MR) is 60.2 cm³/mol. The molecule has 16 heavy (non-hydrogen) atoms. The van der Waals surface area contributed by atoms with Gasteiger partial charge >= 0.3 is 0 Å². The number of amides is 1. The quantitative estimate of drug-likeness (QED) is 0.740. The second kappa shape index (κ2) is 4.91. The van der Waals surface area contributed by atoms with Crippen molar-refractivity contribution in [3.05, 3.63) is 40.3 Å². The van der Waals surface area contributed by atoms with Crippen LogP contribution in [-0.2, 0) is 0 Å². The summed E-state index contributed by atoms with van der Waals surface area (Å²) >= 11 is 1.51. The van der Waals surface area contributed by atoms with Crippen molar-refractivity contribution in [2.75, 3.05) is 6.54 Å². The lowest BCUT2D eigenvalue weighted by Crippen LogP contribution is -2.28. The van der Waals surface area contributed by atoms with Gasteiger partial charge in [-0.3, -0.25) is 9.89 Å². The molecule has 0 bridgehead atoms. The predicted octanol–water partition coefficient (Wildman–Crippen LogP) is 0.935. The summed E-state index contributed by atoms with van der Waals surface area (Å²) in [6, 6.07) is 3.41. The van der Waals surface area contributed by atoms with E-state index < -0.39 is 6.10 Å². The molecule has 0 saturated carbocycles. The van der Waals surface area contributed by atoms with E-state index in [0.29, 0.717) is 5.69 Å². The summed E-state index contributed by atoms with van der Waals surface area (Å²) < 4.78 is 0. The van der Waals surface area contributed by atoms with Gasteiger partial charge in [-0.25, -0.2) is 0 Å². The molecule has 84 valence electrons. The average Bonchev–Trinajstić information content (AvgIpc) is 2.95. The number of aromatic nitrogens is 2. The number of H-pyrrole nitrogens is 1. The Labute approximate surface area is 96.1 Å². The molecule has 1 unspecified atom stereocenters. The maximum atomic E-state index is 11.5. The largest absolute Gasteiger partial charge is 0.387 e. The monoisotopic (exact) mass is 237 g/mol. The molecule has 0 radical (unpaired) electrons. The van der Waals surface area contributed by atoms with Gasteiger partial charge in [0, 0.05) is 12.7 Å². The molecule has 0 fully saturated rings. The van der Waals surface area contributed by atoms with E-state index in [1.807, 2.05) is 16.8 Å². The maximum absolute atomic E-state index is 11.5. The second-order valence-corrected chi connectivity index (χ2v) is 4.03. The Morgan fingerprint density at radius 3 is 3.12 bits per heavy atom. The summed E-state index contributed by atoms with van der Waals surface area (Å²) in [5.41, 5.74) is 1.20. The van der Waals surface area contributed by atoms with Crippen LogP contribution in [0.4, 0.5) is 0 Å². The molecule has 6 heteroatoms. The van der Waals surface area contributed by atoms with Crippen molar-refractivity contribution in [2.45, 2.75) is 6.10 Å². The Balaban J connectivity index is 1.86. The molecule has 3 N–H and O–H groups in total. The number of hydrogen-bond acceptors (Lipinski definition) is 4. The number of aliphatic hydroxyl groups is 1. The summed E-state index contributed by atoms with van der Waals surface area (Å²) in [6.07, 6.45) is 0.836. The number of carbonyl (C=O) groups excluding carboxylic acids is 1. The molecule has 0 aliphatic carbocycles. The summed E-state index contributed by atoms with van der Waals surface area (Å²) in [5.74, 6) is -0.272. The van der Waals surface area contributed by atoms with Crippen LogP contribution in [0.3, 0.4) is 0 Å². The Kier molecular flexibility index (Phi) is 3.33. The summed E-state index contributed by atoms with van der Waals surface area (Å²) in [5, 5.41) is 22.3. The third-order valence-electron chi connectivity index (χ3n) is 2.13. The van der Waals surface area contributed by atoms with E-state index in [-0.39, 0.29) is 12.5 Å². The number of nitrogens with one attached hydrogen (secondary N) is 2. The van der Waals surface area contributed by atoms with Gasteiger partial charge in [-0.05, 0) is 28.5 Å². The number of hydrogen-bond donors (Lipinski definition) is 3. The number of nitrogens with zero attached hydrogens (tertiary/aromatic N) is 1. The average molecular weight is 237 g/mol. The van der Waals surface area contributed by atoms with E-state index in [1.54, 1.807) is 6.07 Å². The van der Waals surface area contributed by atoms with Gasteiger partial charge in [0.25, 0.3) is 5.91 Å². The molecule has 2 aromatic heterocycles. The van der Waals surface area contributed by atoms with Crippen LogP contribution >= 0.6 is 11.3 Å². The van der Waals surface area contributed by atoms with Crippen LogP contribution < -0.4 is 5.32 Å². The fourth-order valence-corrected chi connectivity index (χ4v) is 1.96. The normalized spacial score (nSPS) is 12.3. The first-order valence-electron chi connectivity index (χ1n) is 4.75. The second-order valence-electron chi connectivity index (χ2n) is 3.25. The highest BCUT2D eigenvalue weighted by Gasteiger charge is 2.11. The third kappa shape index (κ3) is 2.47. The van der Waals surface area contributed by atoms with Crippen molar-refractivity contribution in [1.29, 1.82) is 0 Å². The smallest absolute Gasteiger partial charge is 0.269 e. The molecule has 2 aromatic rings. The molecule has 0 aliphatic heterocycles. The van der Waals surface area contributed by atoms with Crippen LogP contribution in [0.15, 0.2) is 29.1 Å². The summed E-state index contributed by atoms with van der Waals surface area (Å²) in [6.45, 7) is 0.189. The minimum Gasteiger partial charge on any atom is -0.387 e. The molecule has 0 saturated heterocycles. The Morgan fingerprint density at radius 1 is 1.62 bits per heavy atom. The highest BCUT2D eigenvalue weighted by atomic mass is 32.1. The maximum Gasteiger partial charge on any atom is 0.269 e. The fourth-order valence-electron chi connectivity index (χ4n) is 1.25. The molecule has 0 aromatic carbocycles. The minimum atomic E-state index is -0.668. The molecule has 0 spiro atoms. The van der Waals surface area contributed by atoms with Gasteiger partial charge in [-0.2, -0.15) is 16.4 Å². The van der Waals surface area contributed by atoms with Gasteiger partial charge in [-0.1, -0.05) is 0 Å². The van der Waals surface area contributed by atoms with Crippen molar-refractivity contribution in [1.82, 2.24) is 15.5 Å². The lowest BCUT2D eigenvalue weighted by Gasteiger charge is -2.09. The molecule has 0 aliphatic rings. The standard InChI is InChI=1S/C10H11N3O2S/c14-9(7-2-4-16-6-7)5-11-10(15)8-1-3-12-13-8/h1-4,6,9,14H,5H2,(H,11,15)(H,12,13). The van der Waals surface area contributed by atoms with Gasteiger partial charge in [0.15, 0.2) is 0 Å². The fraction of sp³-hybridized carbons (Fsp3) is 0.200. The first kappa shape index (κ1) is 10.8. The SMILES string of the molecule is O=C(NCC(O)c1ccsc1)c1ccn[nH]1. The van der Waals surface area contributed by atoms with Crippen LogP contribution in [0.1, 0.15) is 22.2 Å². The molecule has 2 heterocycles. The van der Waals surface area contributed by atoms with Crippen molar-refractivity contribution < 1.29 is 9.90 Å². The number of aliphatic hydroxyl groups excluding tert-OH is 1. The Hall–Kier alpha value is -1.66. The van der Waals surface area contributed by atoms with Crippen LogP contribution in [0.25, 0.3) is 0 Å². The van der Waals surface area contributed by atoms with E-state index in [1.165, 1.54) is 17.5 Å². The lowest BCUT2D eigenvalue weighted by molar-refractivity contribution is 0.0911. The van der Waals surface area contributed by atoms with E-state index >= 15 is 0 Å². The van der Waals surface area contributed by atoms with Gasteiger partial charge in [-0.15, -0.1) is 0 Å². The Morgan fingerprint density at radius 2 is 2.50 bits per heavy atom. The topological polar surface area (TPSA) is 78.0 Å². The molecule has 1 amide bonds. The number of carbonyl (C=O) groups is 1. The minimum absolute atomic E-state index is 0.189. The molecular weight excluding hydrogens is 226 g/mol. The molecule has 5 nitrogen and oxygen atoms in total. The van der Waals surface area contributed by atoms with E-state index in [2.05, 4.69) is 15.5 Å². The van der Waals surface area contributed by atoms with Crippen LogP contribution in [-0.4, -0.2) is 27.8 Å². The number of thiophene rings is 1. The molecule has 1 atom stereocenters. The molecular formula is C10H11N3O2S. The molecule has 2 rings (SSSR count). The highest BCUT2D eigenvalue weighted by molar-refractivity contribution is 7.07. The van der Waals surface area contributed by atoms with Crippen LogP contribution in [0.5, 0.6) is 0 Å².